The summed E-state index contributed by atoms with van der Waals surface area (Å²) in [7, 11) is 1.76. The van der Waals surface area contributed by atoms with Gasteiger partial charge in [0.15, 0.2) is 5.43 Å². The summed E-state index contributed by atoms with van der Waals surface area (Å²) in [5.74, 6) is -0.0677. The smallest absolute Gasteiger partial charge is 0.200 e. The minimum atomic E-state index is -0.567. The van der Waals surface area contributed by atoms with Gasteiger partial charge in [0, 0.05) is 36.8 Å². The Bertz CT molecular complexity index is 907. The molecule has 0 spiro atoms. The Morgan fingerprint density at radius 2 is 2.00 bits per heavy atom. The molecule has 0 amide bonds. The lowest BCUT2D eigenvalue weighted by Gasteiger charge is -2.14. The number of nitrogens with zero attached hydrogens (tertiary/aromatic N) is 3. The summed E-state index contributed by atoms with van der Waals surface area (Å²) in [6.45, 7) is 2.49. The molecule has 0 unspecified atom stereocenters. The molecule has 0 aliphatic heterocycles. The van der Waals surface area contributed by atoms with Crippen molar-refractivity contribution in [2.75, 3.05) is 6.61 Å². The van der Waals surface area contributed by atoms with E-state index in [0.717, 1.165) is 6.42 Å². The van der Waals surface area contributed by atoms with Gasteiger partial charge in [0.05, 0.1) is 17.5 Å². The number of aryl methyl sites for hydroxylation is 1. The molecule has 2 heterocycles. The Kier molecular flexibility index (Phi) is 4.06. The Hall–Kier alpha value is -2.76. The van der Waals surface area contributed by atoms with E-state index in [1.54, 1.807) is 23.9 Å². The van der Waals surface area contributed by atoms with E-state index in [-0.39, 0.29) is 5.39 Å². The number of halogens is 1. The number of pyridine rings is 1. The van der Waals surface area contributed by atoms with Gasteiger partial charge in [-0.2, -0.15) is 0 Å². The molecule has 23 heavy (non-hydrogen) atoms. The summed E-state index contributed by atoms with van der Waals surface area (Å²) in [6, 6.07) is 2.82. The van der Waals surface area contributed by atoms with E-state index in [1.165, 1.54) is 24.8 Å². The van der Waals surface area contributed by atoms with Gasteiger partial charge in [-0.05, 0) is 18.6 Å². The van der Waals surface area contributed by atoms with Crippen molar-refractivity contribution in [2.24, 2.45) is 7.05 Å². The fraction of sp³-hybridized carbons (Fsp3) is 0.235. The summed E-state index contributed by atoms with van der Waals surface area (Å²) in [6.07, 6.45) is 6.93. The minimum absolute atomic E-state index is 0.0162. The molecule has 1 aromatic carbocycles. The normalized spacial score (nSPS) is 10.9. The number of aromatic nitrogens is 3. The number of benzene rings is 1. The molecule has 3 aromatic rings. The zero-order chi connectivity index (χ0) is 16.4. The third-order valence-corrected chi connectivity index (χ3v) is 3.57. The molecule has 0 N–H and O–H groups in total. The van der Waals surface area contributed by atoms with E-state index in [1.807, 2.05) is 6.92 Å². The van der Waals surface area contributed by atoms with Gasteiger partial charge < -0.3 is 9.30 Å². The van der Waals surface area contributed by atoms with Crippen LogP contribution in [0.25, 0.3) is 22.0 Å². The van der Waals surface area contributed by atoms with Gasteiger partial charge in [0.2, 0.25) is 0 Å². The molecular weight excluding hydrogens is 297 g/mol. The molecule has 0 fully saturated rings. The zero-order valence-electron chi connectivity index (χ0n) is 12.9. The predicted octanol–water partition coefficient (Wildman–Crippen LogP) is 2.92. The first kappa shape index (κ1) is 15.1. The maximum Gasteiger partial charge on any atom is 0.200 e. The van der Waals surface area contributed by atoms with E-state index in [2.05, 4.69) is 9.97 Å². The quantitative estimate of drug-likeness (QED) is 0.743. The number of rotatable bonds is 4. The van der Waals surface area contributed by atoms with Crippen LogP contribution in [0, 0.1) is 5.82 Å². The van der Waals surface area contributed by atoms with Gasteiger partial charge in [0.25, 0.3) is 0 Å². The van der Waals surface area contributed by atoms with Crippen LogP contribution in [0.3, 0.4) is 0 Å². The molecule has 0 bridgehead atoms. The largest absolute Gasteiger partial charge is 0.491 e. The first-order valence-electron chi connectivity index (χ1n) is 7.33. The predicted molar refractivity (Wildman–Crippen MR) is 86.0 cm³/mol. The highest BCUT2D eigenvalue weighted by molar-refractivity contribution is 5.88. The van der Waals surface area contributed by atoms with Gasteiger partial charge in [-0.15, -0.1) is 0 Å². The zero-order valence-corrected chi connectivity index (χ0v) is 12.9. The van der Waals surface area contributed by atoms with Crippen molar-refractivity contribution in [3.05, 3.63) is 53.1 Å². The second-order valence-corrected chi connectivity index (χ2v) is 5.23. The van der Waals surface area contributed by atoms with Crippen molar-refractivity contribution in [1.82, 2.24) is 14.5 Å². The lowest BCUT2D eigenvalue weighted by Crippen LogP contribution is -2.13. The summed E-state index contributed by atoms with van der Waals surface area (Å²) in [4.78, 5) is 20.6. The van der Waals surface area contributed by atoms with Gasteiger partial charge in [-0.25, -0.2) is 14.4 Å². The number of hydrogen-bond donors (Lipinski definition) is 0. The SMILES string of the molecule is CCCOc1ccc(F)c2c(=O)c(-c3cncnc3)cn(C)c12. The van der Waals surface area contributed by atoms with Crippen LogP contribution in [-0.2, 0) is 7.05 Å². The van der Waals surface area contributed by atoms with Crippen molar-refractivity contribution in [2.45, 2.75) is 13.3 Å². The first-order valence-corrected chi connectivity index (χ1v) is 7.33. The molecule has 118 valence electrons. The maximum atomic E-state index is 14.3. The number of ether oxygens (including phenoxy) is 1. The molecule has 0 atom stereocenters. The molecule has 2 aromatic heterocycles. The van der Waals surface area contributed by atoms with Crippen molar-refractivity contribution in [3.8, 4) is 16.9 Å². The number of hydrogen-bond acceptors (Lipinski definition) is 4. The van der Waals surface area contributed by atoms with Gasteiger partial charge in [-0.1, -0.05) is 6.92 Å². The topological polar surface area (TPSA) is 57.0 Å². The van der Waals surface area contributed by atoms with Gasteiger partial charge in [0.1, 0.15) is 17.9 Å². The third-order valence-electron chi connectivity index (χ3n) is 3.57. The highest BCUT2D eigenvalue weighted by Gasteiger charge is 2.17. The Labute approximate surface area is 132 Å². The highest BCUT2D eigenvalue weighted by atomic mass is 19.1. The monoisotopic (exact) mass is 313 g/mol. The summed E-state index contributed by atoms with van der Waals surface area (Å²) in [5.41, 5.74) is 0.956. The molecule has 0 saturated carbocycles. The Balaban J connectivity index is 2.32. The van der Waals surface area contributed by atoms with E-state index in [9.17, 15) is 9.18 Å². The molecule has 0 aliphatic carbocycles. The molecule has 5 nitrogen and oxygen atoms in total. The maximum absolute atomic E-state index is 14.3. The van der Waals surface area contributed by atoms with Gasteiger partial charge >= 0.3 is 0 Å². The van der Waals surface area contributed by atoms with Crippen molar-refractivity contribution in [3.63, 3.8) is 0 Å². The van der Waals surface area contributed by atoms with Crippen LogP contribution in [0.4, 0.5) is 4.39 Å². The summed E-state index contributed by atoms with van der Waals surface area (Å²) < 4.78 is 21.7. The minimum Gasteiger partial charge on any atom is -0.491 e. The fourth-order valence-corrected chi connectivity index (χ4v) is 2.54. The second kappa shape index (κ2) is 6.16. The molecule has 6 heteroatoms. The lowest BCUT2D eigenvalue weighted by molar-refractivity contribution is 0.319. The average Bonchev–Trinajstić information content (AvgIpc) is 2.57. The Morgan fingerprint density at radius 1 is 1.26 bits per heavy atom. The van der Waals surface area contributed by atoms with Crippen LogP contribution in [0.1, 0.15) is 13.3 Å². The Morgan fingerprint density at radius 3 is 2.70 bits per heavy atom. The first-order chi connectivity index (χ1) is 11.1. The molecule has 0 aliphatic rings. The standard InChI is InChI=1S/C17H16FN3O2/c1-3-6-23-14-5-4-13(18)15-16(14)21(2)9-12(17(15)22)11-7-19-10-20-8-11/h4-5,7-10H,3,6H2,1-2H3. The van der Waals surface area contributed by atoms with E-state index in [4.69, 9.17) is 4.74 Å². The van der Waals surface area contributed by atoms with E-state index in [0.29, 0.717) is 29.0 Å². The van der Waals surface area contributed by atoms with Crippen molar-refractivity contribution < 1.29 is 9.13 Å². The van der Waals surface area contributed by atoms with Crippen LogP contribution in [0.2, 0.25) is 0 Å². The fourth-order valence-electron chi connectivity index (χ4n) is 2.54. The highest BCUT2D eigenvalue weighted by Crippen LogP contribution is 2.28. The summed E-state index contributed by atoms with van der Waals surface area (Å²) >= 11 is 0. The van der Waals surface area contributed by atoms with E-state index >= 15 is 0 Å². The molecule has 0 saturated heterocycles. The molecular formula is C17H16FN3O2. The lowest BCUT2D eigenvalue weighted by atomic mass is 10.1. The van der Waals surface area contributed by atoms with Crippen molar-refractivity contribution >= 4 is 10.9 Å². The van der Waals surface area contributed by atoms with Crippen LogP contribution >= 0.6 is 0 Å². The van der Waals surface area contributed by atoms with Crippen LogP contribution < -0.4 is 10.2 Å². The average molecular weight is 313 g/mol. The van der Waals surface area contributed by atoms with Crippen LogP contribution in [0.5, 0.6) is 5.75 Å². The van der Waals surface area contributed by atoms with E-state index < -0.39 is 11.2 Å². The second-order valence-electron chi connectivity index (χ2n) is 5.23. The molecule has 0 radical (unpaired) electrons. The van der Waals surface area contributed by atoms with Crippen LogP contribution in [0.15, 0.2) is 41.8 Å². The third kappa shape index (κ3) is 2.67. The van der Waals surface area contributed by atoms with Crippen molar-refractivity contribution in [1.29, 1.82) is 0 Å². The summed E-state index contributed by atoms with van der Waals surface area (Å²) in [5, 5.41) is 0.0162. The number of fused-ring (bicyclic) bond motifs is 1. The van der Waals surface area contributed by atoms with Crippen LogP contribution in [-0.4, -0.2) is 21.1 Å². The van der Waals surface area contributed by atoms with Gasteiger partial charge in [-0.3, -0.25) is 4.79 Å². The molecule has 3 rings (SSSR count).